The maximum atomic E-state index is 14.4. The third-order valence-electron chi connectivity index (χ3n) is 8.77. The van der Waals surface area contributed by atoms with Gasteiger partial charge >= 0.3 is 0 Å². The van der Waals surface area contributed by atoms with Gasteiger partial charge in [0.2, 0.25) is 5.91 Å². The third-order valence-corrected chi connectivity index (χ3v) is 11.8. The third kappa shape index (κ3) is 5.12. The maximum Gasteiger partial charge on any atom is 0.264 e. The first-order chi connectivity index (χ1) is 18.6. The Labute approximate surface area is 240 Å². The average molecular weight is 616 g/mol. The molecule has 7 nitrogen and oxygen atoms in total. The average Bonchev–Trinajstić information content (AvgIpc) is 3.29. The Morgan fingerprint density at radius 3 is 2.49 bits per heavy atom. The SMILES string of the molecule is C[C@H]1[C@H]([Si](C)(C)O)[C@@H](CCO)O[C@]12C(=O)N(Cc1ccc(N3CCCCCCC3=O)cc1)c1ccc(Br)cc12. The fourth-order valence-corrected chi connectivity index (χ4v) is 9.96. The molecule has 0 saturated carbocycles. The summed E-state index contributed by atoms with van der Waals surface area (Å²) in [5.74, 6) is -0.213. The van der Waals surface area contributed by atoms with Crippen molar-refractivity contribution in [2.45, 2.75) is 82.3 Å². The van der Waals surface area contributed by atoms with Gasteiger partial charge in [-0.05, 0) is 68.3 Å². The van der Waals surface area contributed by atoms with Crippen molar-refractivity contribution in [3.8, 4) is 0 Å². The number of halogens is 1. The molecule has 0 radical (unpaired) electrons. The van der Waals surface area contributed by atoms with Crippen LogP contribution in [-0.2, 0) is 26.5 Å². The number of rotatable bonds is 6. The summed E-state index contributed by atoms with van der Waals surface area (Å²) in [6.45, 7) is 6.83. The van der Waals surface area contributed by atoms with Crippen LogP contribution in [0.4, 0.5) is 11.4 Å². The van der Waals surface area contributed by atoms with E-state index in [1.54, 1.807) is 4.90 Å². The lowest BCUT2D eigenvalue weighted by Gasteiger charge is -2.32. The van der Waals surface area contributed by atoms with Crippen LogP contribution in [-0.4, -0.2) is 49.3 Å². The summed E-state index contributed by atoms with van der Waals surface area (Å²) in [4.78, 5) is 42.0. The van der Waals surface area contributed by atoms with Gasteiger partial charge in [0.15, 0.2) is 13.9 Å². The Balaban J connectivity index is 1.46. The predicted molar refractivity (Wildman–Crippen MR) is 158 cm³/mol. The van der Waals surface area contributed by atoms with Crippen LogP contribution in [0.2, 0.25) is 18.6 Å². The monoisotopic (exact) mass is 614 g/mol. The number of amides is 2. The number of anilines is 2. The highest BCUT2D eigenvalue weighted by Crippen LogP contribution is 2.60. The van der Waals surface area contributed by atoms with Gasteiger partial charge in [0.1, 0.15) is 0 Å². The van der Waals surface area contributed by atoms with E-state index in [-0.39, 0.29) is 29.9 Å². The molecule has 2 amide bonds. The number of aliphatic hydroxyl groups excluding tert-OH is 1. The van der Waals surface area contributed by atoms with Crippen molar-refractivity contribution in [3.05, 3.63) is 58.1 Å². The van der Waals surface area contributed by atoms with Crippen LogP contribution in [0.5, 0.6) is 0 Å². The number of benzene rings is 2. The highest BCUT2D eigenvalue weighted by atomic mass is 79.9. The van der Waals surface area contributed by atoms with E-state index in [9.17, 15) is 19.5 Å². The second kappa shape index (κ2) is 11.1. The molecule has 1 spiro atoms. The standard InChI is InChI=1S/C30H39BrN2O5Si/c1-20-28(39(2,3)37)26(15-17-34)38-30(20)24-18-22(31)11-14-25(24)33(29(30)36)19-21-9-12-23(13-10-21)32-16-7-5-4-6-8-27(32)35/h9-14,18,20,26,28,34,37H,4-8,15-17,19H2,1-3H3/t20-,26+,28-,30+/m0/s1. The van der Waals surface area contributed by atoms with Crippen LogP contribution in [0.15, 0.2) is 46.9 Å². The summed E-state index contributed by atoms with van der Waals surface area (Å²) in [5.41, 5.74) is 2.06. The maximum absolute atomic E-state index is 14.4. The summed E-state index contributed by atoms with van der Waals surface area (Å²) >= 11 is 3.59. The molecule has 4 atom stereocenters. The summed E-state index contributed by atoms with van der Waals surface area (Å²) in [5, 5.41) is 9.77. The van der Waals surface area contributed by atoms with E-state index in [1.165, 1.54) is 0 Å². The first-order valence-electron chi connectivity index (χ1n) is 14.1. The van der Waals surface area contributed by atoms with Gasteiger partial charge in [-0.2, -0.15) is 0 Å². The summed E-state index contributed by atoms with van der Waals surface area (Å²) in [7, 11) is -2.73. The fraction of sp³-hybridized carbons (Fsp3) is 0.533. The fourth-order valence-electron chi connectivity index (χ4n) is 7.00. The van der Waals surface area contributed by atoms with Gasteiger partial charge in [-0.3, -0.25) is 9.59 Å². The van der Waals surface area contributed by atoms with Crippen molar-refractivity contribution < 1.29 is 24.2 Å². The minimum atomic E-state index is -2.73. The van der Waals surface area contributed by atoms with Gasteiger partial charge in [0, 0.05) is 46.8 Å². The molecular weight excluding hydrogens is 576 g/mol. The highest BCUT2D eigenvalue weighted by Gasteiger charge is 2.66. The Morgan fingerprint density at radius 2 is 1.79 bits per heavy atom. The molecule has 2 N–H and O–H groups in total. The molecule has 2 aromatic carbocycles. The van der Waals surface area contributed by atoms with Gasteiger partial charge < -0.3 is 24.4 Å². The Kier molecular flexibility index (Phi) is 8.10. The molecule has 2 fully saturated rings. The van der Waals surface area contributed by atoms with Crippen molar-refractivity contribution in [3.63, 3.8) is 0 Å². The molecule has 39 heavy (non-hydrogen) atoms. The van der Waals surface area contributed by atoms with Crippen LogP contribution in [0.25, 0.3) is 0 Å². The first-order valence-corrected chi connectivity index (χ1v) is 17.9. The summed E-state index contributed by atoms with van der Waals surface area (Å²) < 4.78 is 7.51. The van der Waals surface area contributed by atoms with E-state index in [0.717, 1.165) is 59.2 Å². The van der Waals surface area contributed by atoms with E-state index in [2.05, 4.69) is 15.9 Å². The Bertz CT molecular complexity index is 1230. The molecule has 3 aliphatic heterocycles. The number of carbonyl (C=O) groups is 2. The van der Waals surface area contributed by atoms with Crippen LogP contribution in [0.1, 0.15) is 56.6 Å². The van der Waals surface area contributed by atoms with Gasteiger partial charge in [0.05, 0.1) is 18.3 Å². The summed E-state index contributed by atoms with van der Waals surface area (Å²) in [6.07, 6.45) is 4.77. The molecule has 3 heterocycles. The number of fused-ring (bicyclic) bond motifs is 2. The van der Waals surface area contributed by atoms with E-state index in [0.29, 0.717) is 19.4 Å². The van der Waals surface area contributed by atoms with Gasteiger partial charge in [-0.25, -0.2) is 0 Å². The number of aliphatic hydroxyl groups is 1. The molecule has 0 bridgehead atoms. The first kappa shape index (κ1) is 28.5. The topological polar surface area (TPSA) is 90.3 Å². The van der Waals surface area contributed by atoms with Crippen LogP contribution in [0, 0.1) is 5.92 Å². The number of hydrogen-bond acceptors (Lipinski definition) is 5. The van der Waals surface area contributed by atoms with Gasteiger partial charge in [0.25, 0.3) is 5.91 Å². The molecule has 0 unspecified atom stereocenters. The molecule has 0 aromatic heterocycles. The molecule has 2 aromatic rings. The van der Waals surface area contributed by atoms with Gasteiger partial charge in [-0.15, -0.1) is 0 Å². The number of ether oxygens (including phenoxy) is 1. The quantitative estimate of drug-likeness (QED) is 0.421. The lowest BCUT2D eigenvalue weighted by atomic mass is 9.82. The van der Waals surface area contributed by atoms with Crippen LogP contribution in [0.3, 0.4) is 0 Å². The second-order valence-electron chi connectivity index (χ2n) is 11.8. The normalized spacial score (nSPS) is 27.7. The minimum absolute atomic E-state index is 0.0659. The lowest BCUT2D eigenvalue weighted by Crippen LogP contribution is -2.46. The molecule has 210 valence electrons. The Hall–Kier alpha value is -2.04. The molecule has 3 aliphatic rings. The predicted octanol–water partition coefficient (Wildman–Crippen LogP) is 5.47. The van der Waals surface area contributed by atoms with Crippen molar-refractivity contribution in [1.82, 2.24) is 0 Å². The van der Waals surface area contributed by atoms with Crippen molar-refractivity contribution >= 4 is 47.4 Å². The molecule has 5 rings (SSSR count). The lowest BCUT2D eigenvalue weighted by molar-refractivity contribution is -0.146. The number of hydrogen-bond donors (Lipinski definition) is 2. The van der Waals surface area contributed by atoms with Crippen LogP contribution >= 0.6 is 15.9 Å². The van der Waals surface area contributed by atoms with E-state index in [1.807, 2.05) is 67.4 Å². The Morgan fingerprint density at radius 1 is 1.08 bits per heavy atom. The number of nitrogens with zero attached hydrogens (tertiary/aromatic N) is 2. The largest absolute Gasteiger partial charge is 0.432 e. The van der Waals surface area contributed by atoms with Crippen molar-refractivity contribution in [1.29, 1.82) is 0 Å². The van der Waals surface area contributed by atoms with E-state index in [4.69, 9.17) is 4.74 Å². The molecular formula is C30H39BrN2O5Si. The minimum Gasteiger partial charge on any atom is -0.432 e. The van der Waals surface area contributed by atoms with Crippen molar-refractivity contribution in [2.75, 3.05) is 23.0 Å². The van der Waals surface area contributed by atoms with Gasteiger partial charge in [-0.1, -0.05) is 47.8 Å². The zero-order valence-corrected chi connectivity index (χ0v) is 25.6. The zero-order chi connectivity index (χ0) is 27.9. The number of carbonyl (C=O) groups excluding carboxylic acids is 2. The molecule has 9 heteroatoms. The second-order valence-corrected chi connectivity index (χ2v) is 16.7. The highest BCUT2D eigenvalue weighted by molar-refractivity contribution is 9.10. The molecule has 2 saturated heterocycles. The zero-order valence-electron chi connectivity index (χ0n) is 23.0. The smallest absolute Gasteiger partial charge is 0.264 e. The van der Waals surface area contributed by atoms with E-state index >= 15 is 0 Å². The summed E-state index contributed by atoms with van der Waals surface area (Å²) in [6, 6.07) is 13.8. The van der Waals surface area contributed by atoms with E-state index < -0.39 is 20.0 Å². The van der Waals surface area contributed by atoms with Crippen LogP contribution < -0.4 is 9.80 Å². The van der Waals surface area contributed by atoms with Crippen molar-refractivity contribution in [2.24, 2.45) is 5.92 Å². The molecule has 0 aliphatic carbocycles.